The lowest BCUT2D eigenvalue weighted by atomic mass is 10.1. The molecule has 0 fully saturated rings. The minimum Gasteiger partial charge on any atom is -0.309 e. The van der Waals surface area contributed by atoms with Crippen molar-refractivity contribution < 1.29 is 0 Å². The van der Waals surface area contributed by atoms with E-state index in [-0.39, 0.29) is 0 Å². The monoisotopic (exact) mass is 845 g/mol. The number of fused-ring (bicyclic) bond motifs is 9. The van der Waals surface area contributed by atoms with Crippen LogP contribution in [-0.2, 0) is 0 Å². The Morgan fingerprint density at radius 3 is 1.34 bits per heavy atom. The molecule has 0 bridgehead atoms. The molecule has 0 saturated heterocycles. The molecule has 0 N–H and O–H groups in total. The molecule has 13 rings (SSSR count). The van der Waals surface area contributed by atoms with Crippen LogP contribution < -0.4 is 20.7 Å². The van der Waals surface area contributed by atoms with E-state index in [4.69, 9.17) is 0 Å². The van der Waals surface area contributed by atoms with Crippen LogP contribution in [0, 0.1) is 6.92 Å². The van der Waals surface area contributed by atoms with Gasteiger partial charge in [0.2, 0.25) is 0 Å². The number of nitrogens with zero attached hydrogens (tertiary/aromatic N) is 3. The number of benzene rings is 10. The number of hydrogen-bond donors (Lipinski definition) is 0. The molecule has 65 heavy (non-hydrogen) atoms. The first-order chi connectivity index (χ1) is 32.2. The zero-order valence-corrected chi connectivity index (χ0v) is 36.9. The van der Waals surface area contributed by atoms with Crippen LogP contribution in [0.5, 0.6) is 0 Å². The van der Waals surface area contributed by atoms with E-state index in [1.54, 1.807) is 0 Å². The second kappa shape index (κ2) is 14.7. The van der Waals surface area contributed by atoms with Crippen molar-refractivity contribution in [3.05, 3.63) is 248 Å². The lowest BCUT2D eigenvalue weighted by Crippen LogP contribution is -2.74. The Balaban J connectivity index is 1.05. The third-order valence-corrected chi connectivity index (χ3v) is 18.6. The maximum absolute atomic E-state index is 2.69. The largest absolute Gasteiger partial charge is 0.309 e. The summed E-state index contributed by atoms with van der Waals surface area (Å²) in [5.74, 6) is 0. The Morgan fingerprint density at radius 2 is 0.723 bits per heavy atom. The number of para-hydroxylation sites is 4. The van der Waals surface area contributed by atoms with Crippen molar-refractivity contribution in [1.29, 1.82) is 0 Å². The smallest absolute Gasteiger partial charge is 0.179 e. The summed E-state index contributed by atoms with van der Waals surface area (Å²) >= 11 is 0. The third kappa shape index (κ3) is 5.54. The number of aromatic nitrogens is 3. The van der Waals surface area contributed by atoms with Gasteiger partial charge in [-0.25, -0.2) is 0 Å². The first-order valence-electron chi connectivity index (χ1n) is 22.5. The molecule has 0 aliphatic rings. The summed E-state index contributed by atoms with van der Waals surface area (Å²) in [7, 11) is -2.69. The Bertz CT molecular complexity index is 3840. The number of aryl methyl sites for hydroxylation is 1. The summed E-state index contributed by atoms with van der Waals surface area (Å²) in [6.07, 6.45) is 0. The van der Waals surface area contributed by atoms with Gasteiger partial charge in [0.25, 0.3) is 0 Å². The molecule has 0 spiro atoms. The topological polar surface area (TPSA) is 14.8 Å². The van der Waals surface area contributed by atoms with Crippen molar-refractivity contribution >= 4 is 94.2 Å². The molecule has 0 aliphatic carbocycles. The quantitative estimate of drug-likeness (QED) is 0.112. The molecule has 4 heteroatoms. The first kappa shape index (κ1) is 37.4. The van der Waals surface area contributed by atoms with Crippen LogP contribution in [0.2, 0.25) is 0 Å². The summed E-state index contributed by atoms with van der Waals surface area (Å²) < 4.78 is 7.44. The summed E-state index contributed by atoms with van der Waals surface area (Å²) in [4.78, 5) is 0. The van der Waals surface area contributed by atoms with E-state index in [0.29, 0.717) is 0 Å². The molecule has 3 nitrogen and oxygen atoms in total. The van der Waals surface area contributed by atoms with E-state index < -0.39 is 8.07 Å². The molecule has 0 amide bonds. The van der Waals surface area contributed by atoms with Crippen molar-refractivity contribution in [3.63, 3.8) is 0 Å². The van der Waals surface area contributed by atoms with Crippen molar-refractivity contribution in [2.75, 3.05) is 0 Å². The Hall–Kier alpha value is -8.18. The van der Waals surface area contributed by atoms with Gasteiger partial charge in [-0.05, 0) is 88.3 Å². The predicted octanol–water partition coefficient (Wildman–Crippen LogP) is 12.7. The summed E-state index contributed by atoms with van der Waals surface area (Å²) in [6, 6.07) is 90.3. The highest BCUT2D eigenvalue weighted by molar-refractivity contribution is 7.19. The highest BCUT2D eigenvalue weighted by Gasteiger charge is 2.41. The Kier molecular flexibility index (Phi) is 8.45. The SMILES string of the molecule is Cc1ccc2c(c1)c1ccccc1n2-c1cccc2c3ccccc3n(-c3ccc4c5ccccc5n(-c5ccc([Si](c6ccccc6)(c6ccccc6)c6ccccc6)cc5)c4c3)c12. The highest BCUT2D eigenvalue weighted by Crippen LogP contribution is 2.41. The minimum atomic E-state index is -2.69. The molecular formula is C61H43N3Si. The van der Waals surface area contributed by atoms with Gasteiger partial charge in [-0.3, -0.25) is 0 Å². The third-order valence-electron chi connectivity index (χ3n) is 13.8. The fourth-order valence-corrected chi connectivity index (χ4v) is 15.8. The lowest BCUT2D eigenvalue weighted by Gasteiger charge is -2.34. The zero-order valence-electron chi connectivity index (χ0n) is 35.9. The van der Waals surface area contributed by atoms with Gasteiger partial charge in [0.1, 0.15) is 0 Å². The van der Waals surface area contributed by atoms with E-state index in [9.17, 15) is 0 Å². The minimum absolute atomic E-state index is 1.12. The molecule has 3 heterocycles. The number of hydrogen-bond acceptors (Lipinski definition) is 0. The highest BCUT2D eigenvalue weighted by atomic mass is 28.3. The van der Waals surface area contributed by atoms with Crippen LogP contribution >= 0.6 is 0 Å². The molecule has 10 aromatic carbocycles. The van der Waals surface area contributed by atoms with Gasteiger partial charge in [0.15, 0.2) is 8.07 Å². The van der Waals surface area contributed by atoms with Crippen LogP contribution in [0.15, 0.2) is 243 Å². The van der Waals surface area contributed by atoms with Crippen molar-refractivity contribution in [1.82, 2.24) is 13.7 Å². The molecular weight excluding hydrogens is 803 g/mol. The van der Waals surface area contributed by atoms with Gasteiger partial charge < -0.3 is 13.7 Å². The average molecular weight is 846 g/mol. The predicted molar refractivity (Wildman–Crippen MR) is 278 cm³/mol. The Labute approximate surface area is 378 Å². The zero-order chi connectivity index (χ0) is 43.1. The molecule has 13 aromatic rings. The van der Waals surface area contributed by atoms with Gasteiger partial charge in [-0.1, -0.05) is 188 Å². The van der Waals surface area contributed by atoms with E-state index in [2.05, 4.69) is 263 Å². The van der Waals surface area contributed by atoms with Gasteiger partial charge in [-0.15, -0.1) is 0 Å². The lowest BCUT2D eigenvalue weighted by molar-refractivity contribution is 1.13. The maximum atomic E-state index is 2.50. The average Bonchev–Trinajstić information content (AvgIpc) is 4.01. The molecule has 0 saturated carbocycles. The van der Waals surface area contributed by atoms with E-state index >= 15 is 0 Å². The number of rotatable bonds is 7. The molecule has 0 radical (unpaired) electrons. The first-order valence-corrected chi connectivity index (χ1v) is 24.5. The molecule has 306 valence electrons. The van der Waals surface area contributed by atoms with Crippen LogP contribution in [-0.4, -0.2) is 21.8 Å². The fourth-order valence-electron chi connectivity index (χ4n) is 11.1. The summed E-state index contributed by atoms with van der Waals surface area (Å²) in [5.41, 5.74) is 11.8. The standard InChI is InChI=1S/C61H43N3Si/c1-42-32-39-58-54(40-42)51-26-13-16-30-57(51)64(58)59-31-17-27-53-50-25-12-15-29-56(50)63(61(53)59)44-35-38-52-49-24-11-14-28-55(49)62(60(52)41-44)43-33-36-48(37-34-43)65(45-18-5-2-6-19-45,46-20-7-3-8-21-46)47-22-9-4-10-23-47/h2-41H,1H3. The fraction of sp³-hybridized carbons (Fsp3) is 0.0164. The van der Waals surface area contributed by atoms with Gasteiger partial charge >= 0.3 is 0 Å². The molecule has 3 aromatic heterocycles. The molecule has 0 atom stereocenters. The molecule has 0 aliphatic heterocycles. The van der Waals surface area contributed by atoms with Crippen LogP contribution in [0.4, 0.5) is 0 Å². The van der Waals surface area contributed by atoms with Crippen LogP contribution in [0.3, 0.4) is 0 Å². The van der Waals surface area contributed by atoms with Gasteiger partial charge in [0, 0.05) is 43.7 Å². The van der Waals surface area contributed by atoms with Crippen molar-refractivity contribution in [2.45, 2.75) is 6.92 Å². The van der Waals surface area contributed by atoms with E-state index in [1.807, 2.05) is 0 Å². The van der Waals surface area contributed by atoms with Crippen LogP contribution in [0.1, 0.15) is 5.56 Å². The summed E-state index contributed by atoms with van der Waals surface area (Å²) in [5, 5.41) is 12.9. The second-order valence-corrected chi connectivity index (χ2v) is 21.2. The van der Waals surface area contributed by atoms with Crippen molar-refractivity contribution in [2.24, 2.45) is 0 Å². The van der Waals surface area contributed by atoms with E-state index in [0.717, 1.165) is 17.1 Å². The Morgan fingerprint density at radius 1 is 0.277 bits per heavy atom. The van der Waals surface area contributed by atoms with Gasteiger partial charge in [-0.2, -0.15) is 0 Å². The second-order valence-electron chi connectivity index (χ2n) is 17.3. The van der Waals surface area contributed by atoms with Gasteiger partial charge in [0.05, 0.1) is 38.8 Å². The van der Waals surface area contributed by atoms with Crippen LogP contribution in [0.25, 0.3) is 82.5 Å². The normalized spacial score (nSPS) is 12.1. The van der Waals surface area contributed by atoms with E-state index in [1.165, 1.54) is 91.7 Å². The summed E-state index contributed by atoms with van der Waals surface area (Å²) in [6.45, 7) is 2.18. The van der Waals surface area contributed by atoms with Crippen molar-refractivity contribution in [3.8, 4) is 17.1 Å². The molecule has 0 unspecified atom stereocenters. The maximum Gasteiger partial charge on any atom is 0.179 e.